The van der Waals surface area contributed by atoms with E-state index in [1.54, 1.807) is 4.90 Å². The lowest BCUT2D eigenvalue weighted by molar-refractivity contribution is -0.149. The van der Waals surface area contributed by atoms with Crippen LogP contribution in [0.5, 0.6) is 0 Å². The van der Waals surface area contributed by atoms with Crippen LogP contribution in [0.2, 0.25) is 0 Å². The number of carbonyl (C=O) groups is 2. The molecule has 2 rings (SSSR count). The minimum atomic E-state index is -0.719. The molecule has 0 radical (unpaired) electrons. The van der Waals surface area contributed by atoms with Crippen molar-refractivity contribution in [3.8, 4) is 0 Å². The van der Waals surface area contributed by atoms with Crippen LogP contribution < -0.4 is 5.43 Å². The van der Waals surface area contributed by atoms with Gasteiger partial charge >= 0.3 is 0 Å². The summed E-state index contributed by atoms with van der Waals surface area (Å²) in [6.07, 6.45) is 2.29. The van der Waals surface area contributed by atoms with Crippen molar-refractivity contribution in [2.24, 2.45) is 5.10 Å². The van der Waals surface area contributed by atoms with Crippen LogP contribution in [0, 0.1) is 0 Å². The second-order valence-corrected chi connectivity index (χ2v) is 4.73. The highest BCUT2D eigenvalue weighted by atomic mass is 16.3. The molecule has 2 heterocycles. The first-order valence-electron chi connectivity index (χ1n) is 5.91. The molecule has 2 aliphatic heterocycles. The van der Waals surface area contributed by atoms with E-state index in [9.17, 15) is 14.7 Å². The second kappa shape index (κ2) is 4.44. The summed E-state index contributed by atoms with van der Waals surface area (Å²) >= 11 is 0. The number of hydrogen-bond acceptors (Lipinski definition) is 4. The number of nitrogens with zero attached hydrogens (tertiary/aromatic N) is 2. The van der Waals surface area contributed by atoms with Gasteiger partial charge in [-0.25, -0.2) is 5.43 Å². The Morgan fingerprint density at radius 1 is 1.53 bits per heavy atom. The van der Waals surface area contributed by atoms with Gasteiger partial charge in [-0.2, -0.15) is 5.10 Å². The Labute approximate surface area is 99.7 Å². The largest absolute Gasteiger partial charge is 0.386 e. The van der Waals surface area contributed by atoms with Crippen LogP contribution in [0.4, 0.5) is 0 Å². The fraction of sp³-hybridized carbons (Fsp3) is 0.727. The van der Waals surface area contributed by atoms with Crippen LogP contribution in [-0.2, 0) is 9.59 Å². The van der Waals surface area contributed by atoms with Crippen molar-refractivity contribution >= 4 is 17.5 Å². The molecule has 1 fully saturated rings. The molecule has 94 valence electrons. The average molecular weight is 239 g/mol. The van der Waals surface area contributed by atoms with Crippen molar-refractivity contribution in [3.63, 3.8) is 0 Å². The molecule has 2 aliphatic rings. The third-order valence-electron chi connectivity index (χ3n) is 3.12. The smallest absolute Gasteiger partial charge is 0.270 e. The zero-order chi connectivity index (χ0) is 12.5. The maximum Gasteiger partial charge on any atom is 0.270 e. The van der Waals surface area contributed by atoms with Crippen LogP contribution in [0.1, 0.15) is 32.6 Å². The quantitative estimate of drug-likeness (QED) is 0.704. The molecule has 0 spiro atoms. The standard InChI is InChI=1S/C11H17N3O3/c1-2-5-11(17)6-14(7-11)10(16)8-3-4-9(15)13-12-8/h17H,2-7H2,1H3,(H,13,15). The Hall–Kier alpha value is -1.43. The SMILES string of the molecule is CCCC1(O)CN(C(=O)C2=NNC(=O)CC2)C1. The molecule has 0 aromatic carbocycles. The molecule has 17 heavy (non-hydrogen) atoms. The molecule has 0 aliphatic carbocycles. The predicted octanol–water partition coefficient (Wildman–Crippen LogP) is -0.374. The Balaban J connectivity index is 1.89. The minimum absolute atomic E-state index is 0.160. The Bertz CT molecular complexity index is 372. The topological polar surface area (TPSA) is 82.0 Å². The first kappa shape index (κ1) is 12.0. The molecule has 0 atom stereocenters. The summed E-state index contributed by atoms with van der Waals surface area (Å²) < 4.78 is 0. The zero-order valence-corrected chi connectivity index (χ0v) is 9.90. The molecule has 2 amide bonds. The Kier molecular flexibility index (Phi) is 3.15. The monoisotopic (exact) mass is 239 g/mol. The third kappa shape index (κ3) is 2.46. The molecule has 6 heteroatoms. The van der Waals surface area contributed by atoms with E-state index >= 15 is 0 Å². The third-order valence-corrected chi connectivity index (χ3v) is 3.12. The summed E-state index contributed by atoms with van der Waals surface area (Å²) in [5.74, 6) is -0.335. The fourth-order valence-corrected chi connectivity index (χ4v) is 2.24. The number of carbonyl (C=O) groups excluding carboxylic acids is 2. The predicted molar refractivity (Wildman–Crippen MR) is 61.2 cm³/mol. The normalized spacial score (nSPS) is 22.6. The molecule has 1 saturated heterocycles. The van der Waals surface area contributed by atoms with Crippen LogP contribution in [0.3, 0.4) is 0 Å². The zero-order valence-electron chi connectivity index (χ0n) is 9.90. The van der Waals surface area contributed by atoms with Gasteiger partial charge in [0.05, 0.1) is 18.7 Å². The van der Waals surface area contributed by atoms with Crippen LogP contribution in [0.15, 0.2) is 5.10 Å². The second-order valence-electron chi connectivity index (χ2n) is 4.73. The lowest BCUT2D eigenvalue weighted by atomic mass is 9.88. The Morgan fingerprint density at radius 2 is 2.24 bits per heavy atom. The van der Waals surface area contributed by atoms with Gasteiger partial charge in [-0.3, -0.25) is 9.59 Å². The van der Waals surface area contributed by atoms with Gasteiger partial charge in [0.15, 0.2) is 0 Å². The van der Waals surface area contributed by atoms with Crippen molar-refractivity contribution in [2.45, 2.75) is 38.2 Å². The van der Waals surface area contributed by atoms with E-state index in [2.05, 4.69) is 10.5 Å². The van der Waals surface area contributed by atoms with Crippen molar-refractivity contribution in [1.82, 2.24) is 10.3 Å². The van der Waals surface area contributed by atoms with E-state index in [1.807, 2.05) is 6.92 Å². The number of rotatable bonds is 3. The van der Waals surface area contributed by atoms with E-state index in [1.165, 1.54) is 0 Å². The summed E-state index contributed by atoms with van der Waals surface area (Å²) in [6.45, 7) is 2.74. The molecule has 0 saturated carbocycles. The van der Waals surface area contributed by atoms with Gasteiger partial charge in [0.25, 0.3) is 5.91 Å². The molecule has 0 aromatic heterocycles. The van der Waals surface area contributed by atoms with Gasteiger partial charge in [-0.15, -0.1) is 0 Å². The average Bonchev–Trinajstić information content (AvgIpc) is 2.26. The highest BCUT2D eigenvalue weighted by molar-refractivity contribution is 6.39. The summed E-state index contributed by atoms with van der Waals surface area (Å²) in [5, 5.41) is 13.7. The number of nitrogens with one attached hydrogen (secondary N) is 1. The fourth-order valence-electron chi connectivity index (χ4n) is 2.24. The number of β-amino-alcohol motifs (C(OH)–C–C–N with tert-alkyl or cyclic N) is 1. The van der Waals surface area contributed by atoms with Gasteiger partial charge in [-0.05, 0) is 6.42 Å². The van der Waals surface area contributed by atoms with E-state index in [-0.39, 0.29) is 11.8 Å². The number of aliphatic hydroxyl groups is 1. The summed E-state index contributed by atoms with van der Waals surface area (Å²) in [6, 6.07) is 0. The van der Waals surface area contributed by atoms with Crippen molar-refractivity contribution in [3.05, 3.63) is 0 Å². The van der Waals surface area contributed by atoms with Crippen molar-refractivity contribution < 1.29 is 14.7 Å². The number of likely N-dealkylation sites (tertiary alicyclic amines) is 1. The van der Waals surface area contributed by atoms with E-state index in [4.69, 9.17) is 0 Å². The lowest BCUT2D eigenvalue weighted by Crippen LogP contribution is -2.64. The Morgan fingerprint density at radius 3 is 2.76 bits per heavy atom. The first-order chi connectivity index (χ1) is 8.04. The minimum Gasteiger partial charge on any atom is -0.386 e. The summed E-state index contributed by atoms with van der Waals surface area (Å²) in [4.78, 5) is 24.4. The van der Waals surface area contributed by atoms with Gasteiger partial charge in [0, 0.05) is 12.8 Å². The number of hydrazone groups is 1. The van der Waals surface area contributed by atoms with Gasteiger partial charge in [-0.1, -0.05) is 13.3 Å². The van der Waals surface area contributed by atoms with E-state index in [0.717, 1.165) is 6.42 Å². The first-order valence-corrected chi connectivity index (χ1v) is 5.91. The van der Waals surface area contributed by atoms with Gasteiger partial charge < -0.3 is 10.0 Å². The highest BCUT2D eigenvalue weighted by Crippen LogP contribution is 2.26. The highest BCUT2D eigenvalue weighted by Gasteiger charge is 2.43. The molecular weight excluding hydrogens is 222 g/mol. The molecule has 6 nitrogen and oxygen atoms in total. The molecule has 0 aromatic rings. The van der Waals surface area contributed by atoms with E-state index < -0.39 is 5.60 Å². The van der Waals surface area contributed by atoms with E-state index in [0.29, 0.717) is 38.1 Å². The molecule has 0 unspecified atom stereocenters. The van der Waals surface area contributed by atoms with Crippen LogP contribution in [0.25, 0.3) is 0 Å². The number of amides is 2. The van der Waals surface area contributed by atoms with Crippen LogP contribution in [-0.4, -0.2) is 46.2 Å². The lowest BCUT2D eigenvalue weighted by Gasteiger charge is -2.46. The summed E-state index contributed by atoms with van der Waals surface area (Å²) in [5.41, 5.74) is 1.96. The van der Waals surface area contributed by atoms with Gasteiger partial charge in [0.2, 0.25) is 5.91 Å². The summed E-state index contributed by atoms with van der Waals surface area (Å²) in [7, 11) is 0. The number of hydrogen-bond donors (Lipinski definition) is 2. The molecule has 0 bridgehead atoms. The maximum absolute atomic E-state index is 11.9. The van der Waals surface area contributed by atoms with Gasteiger partial charge in [0.1, 0.15) is 5.71 Å². The maximum atomic E-state index is 11.9. The van der Waals surface area contributed by atoms with Crippen LogP contribution >= 0.6 is 0 Å². The molecule has 2 N–H and O–H groups in total. The van der Waals surface area contributed by atoms with Crippen molar-refractivity contribution in [1.29, 1.82) is 0 Å². The van der Waals surface area contributed by atoms with Crippen molar-refractivity contribution in [2.75, 3.05) is 13.1 Å². The molecular formula is C11H17N3O3.